The van der Waals surface area contributed by atoms with Crippen molar-refractivity contribution in [2.24, 2.45) is 0 Å². The summed E-state index contributed by atoms with van der Waals surface area (Å²) in [6.07, 6.45) is 6.48. The number of anilines is 1. The Morgan fingerprint density at radius 2 is 1.86 bits per heavy atom. The van der Waals surface area contributed by atoms with Crippen LogP contribution >= 0.6 is 23.6 Å². The van der Waals surface area contributed by atoms with Crippen LogP contribution in [0, 0.1) is 0 Å². The molecule has 1 aromatic rings. The van der Waals surface area contributed by atoms with E-state index < -0.39 is 10.0 Å². The number of carbonyl (C=O) groups is 1. The van der Waals surface area contributed by atoms with E-state index >= 15 is 0 Å². The lowest BCUT2D eigenvalue weighted by molar-refractivity contribution is 0.0527. The summed E-state index contributed by atoms with van der Waals surface area (Å²) in [5, 5.41) is 4.53. The summed E-state index contributed by atoms with van der Waals surface area (Å²) in [6.45, 7) is 4.01. The SMILES string of the molecule is CCOC(=O)c1c(NC(=S)N2CCN(S(C)(=O)=O)CC2)sc2c1CCCCC2. The summed E-state index contributed by atoms with van der Waals surface area (Å²) in [5.74, 6) is -0.297. The number of ether oxygens (including phenoxy) is 1. The highest BCUT2D eigenvalue weighted by molar-refractivity contribution is 7.88. The van der Waals surface area contributed by atoms with Crippen LogP contribution in [0.2, 0.25) is 0 Å². The van der Waals surface area contributed by atoms with Gasteiger partial charge in [0.1, 0.15) is 5.00 Å². The summed E-state index contributed by atoms with van der Waals surface area (Å²) < 4.78 is 30.1. The molecule has 3 rings (SSSR count). The zero-order valence-corrected chi connectivity index (χ0v) is 18.8. The van der Waals surface area contributed by atoms with Crippen molar-refractivity contribution in [1.29, 1.82) is 0 Å². The zero-order valence-electron chi connectivity index (χ0n) is 16.3. The van der Waals surface area contributed by atoms with Crippen LogP contribution in [0.25, 0.3) is 0 Å². The number of nitrogens with one attached hydrogen (secondary N) is 1. The van der Waals surface area contributed by atoms with Gasteiger partial charge in [-0.15, -0.1) is 11.3 Å². The molecule has 0 spiro atoms. The first-order chi connectivity index (χ1) is 13.3. The molecule has 1 aliphatic heterocycles. The molecule has 2 heterocycles. The van der Waals surface area contributed by atoms with Crippen molar-refractivity contribution in [2.75, 3.05) is 44.4 Å². The maximum Gasteiger partial charge on any atom is 0.341 e. The fourth-order valence-corrected chi connectivity index (χ4v) is 6.10. The van der Waals surface area contributed by atoms with Crippen molar-refractivity contribution in [3.8, 4) is 0 Å². The number of thiophene rings is 1. The lowest BCUT2D eigenvalue weighted by Gasteiger charge is -2.34. The molecule has 0 bridgehead atoms. The highest BCUT2D eigenvalue weighted by atomic mass is 32.2. The molecule has 10 heteroatoms. The van der Waals surface area contributed by atoms with Gasteiger partial charge in [0.25, 0.3) is 0 Å². The highest BCUT2D eigenvalue weighted by Gasteiger charge is 2.28. The van der Waals surface area contributed by atoms with Gasteiger partial charge in [0.15, 0.2) is 5.11 Å². The third kappa shape index (κ3) is 4.84. The van der Waals surface area contributed by atoms with Crippen LogP contribution in [-0.2, 0) is 27.6 Å². The van der Waals surface area contributed by atoms with E-state index in [4.69, 9.17) is 17.0 Å². The van der Waals surface area contributed by atoms with Gasteiger partial charge in [0.2, 0.25) is 10.0 Å². The summed E-state index contributed by atoms with van der Waals surface area (Å²) in [4.78, 5) is 15.8. The highest BCUT2D eigenvalue weighted by Crippen LogP contribution is 2.38. The Hall–Kier alpha value is -1.23. The molecule has 0 aromatic carbocycles. The largest absolute Gasteiger partial charge is 0.462 e. The average Bonchev–Trinajstić information content (AvgIpc) is 2.82. The predicted octanol–water partition coefficient (Wildman–Crippen LogP) is 2.47. The van der Waals surface area contributed by atoms with E-state index in [2.05, 4.69) is 5.32 Å². The maximum absolute atomic E-state index is 12.6. The molecule has 0 unspecified atom stereocenters. The van der Waals surface area contributed by atoms with E-state index in [0.717, 1.165) is 36.2 Å². The molecule has 0 saturated carbocycles. The van der Waals surface area contributed by atoms with Gasteiger partial charge in [-0.2, -0.15) is 4.31 Å². The molecule has 1 saturated heterocycles. The van der Waals surface area contributed by atoms with Gasteiger partial charge in [-0.25, -0.2) is 13.2 Å². The molecule has 1 aromatic heterocycles. The quantitative estimate of drug-likeness (QED) is 0.433. The van der Waals surface area contributed by atoms with Crippen molar-refractivity contribution in [2.45, 2.75) is 39.0 Å². The number of nitrogens with zero attached hydrogens (tertiary/aromatic N) is 2. The number of carbonyl (C=O) groups excluding carboxylic acids is 1. The second kappa shape index (κ2) is 9.06. The first-order valence-electron chi connectivity index (χ1n) is 9.64. The topological polar surface area (TPSA) is 79.0 Å². The lowest BCUT2D eigenvalue weighted by atomic mass is 10.1. The lowest BCUT2D eigenvalue weighted by Crippen LogP contribution is -2.51. The smallest absolute Gasteiger partial charge is 0.341 e. The molecular weight excluding hydrogens is 418 g/mol. The number of hydrogen-bond donors (Lipinski definition) is 1. The van der Waals surface area contributed by atoms with E-state index in [1.165, 1.54) is 21.9 Å². The predicted molar refractivity (Wildman–Crippen MR) is 116 cm³/mol. The van der Waals surface area contributed by atoms with E-state index in [1.54, 1.807) is 11.3 Å². The molecule has 0 radical (unpaired) electrons. The molecule has 0 atom stereocenters. The minimum absolute atomic E-state index is 0.297. The number of sulfonamides is 1. The molecule has 0 amide bonds. The molecule has 1 N–H and O–H groups in total. The minimum Gasteiger partial charge on any atom is -0.462 e. The van der Waals surface area contributed by atoms with Gasteiger partial charge in [0, 0.05) is 31.1 Å². The van der Waals surface area contributed by atoms with Gasteiger partial charge >= 0.3 is 5.97 Å². The van der Waals surface area contributed by atoms with E-state index in [-0.39, 0.29) is 5.97 Å². The monoisotopic (exact) mass is 445 g/mol. The van der Waals surface area contributed by atoms with Crippen LogP contribution in [0.5, 0.6) is 0 Å². The van der Waals surface area contributed by atoms with Crippen LogP contribution in [0.3, 0.4) is 0 Å². The van der Waals surface area contributed by atoms with Crippen molar-refractivity contribution in [1.82, 2.24) is 9.21 Å². The van der Waals surface area contributed by atoms with Crippen molar-refractivity contribution >= 4 is 49.7 Å². The van der Waals surface area contributed by atoms with Crippen LogP contribution < -0.4 is 5.32 Å². The van der Waals surface area contributed by atoms with Gasteiger partial charge < -0.3 is 15.0 Å². The average molecular weight is 446 g/mol. The maximum atomic E-state index is 12.6. The number of fused-ring (bicyclic) bond motifs is 1. The summed E-state index contributed by atoms with van der Waals surface area (Å²) in [6, 6.07) is 0. The molecule has 156 valence electrons. The van der Waals surface area contributed by atoms with E-state index in [0.29, 0.717) is 43.5 Å². The Kier molecular flexibility index (Phi) is 6.95. The second-order valence-electron chi connectivity index (χ2n) is 7.07. The Morgan fingerprint density at radius 1 is 1.18 bits per heavy atom. The third-order valence-electron chi connectivity index (χ3n) is 5.12. The fraction of sp³-hybridized carbons (Fsp3) is 0.667. The van der Waals surface area contributed by atoms with Crippen molar-refractivity contribution in [3.63, 3.8) is 0 Å². The Balaban J connectivity index is 1.76. The van der Waals surface area contributed by atoms with Crippen molar-refractivity contribution < 1.29 is 17.9 Å². The molecular formula is C18H27N3O4S3. The first kappa shape index (κ1) is 21.5. The van der Waals surface area contributed by atoms with Crippen LogP contribution in [0.4, 0.5) is 5.00 Å². The van der Waals surface area contributed by atoms with Crippen molar-refractivity contribution in [3.05, 3.63) is 16.0 Å². The van der Waals surface area contributed by atoms with Gasteiger partial charge in [-0.05, 0) is 50.4 Å². The van der Waals surface area contributed by atoms with E-state index in [1.807, 2.05) is 11.8 Å². The number of thiocarbonyl (C=S) groups is 1. The second-order valence-corrected chi connectivity index (χ2v) is 10.5. The Bertz CT molecular complexity index is 843. The number of hydrogen-bond acceptors (Lipinski definition) is 6. The minimum atomic E-state index is -3.18. The first-order valence-corrected chi connectivity index (χ1v) is 12.7. The molecule has 7 nitrogen and oxygen atoms in total. The number of rotatable bonds is 4. The van der Waals surface area contributed by atoms with Crippen LogP contribution in [0.15, 0.2) is 0 Å². The standard InChI is InChI=1S/C18H27N3O4S3/c1-3-25-17(22)15-13-7-5-4-6-8-14(13)27-16(15)19-18(26)20-9-11-21(12-10-20)28(2,23)24/h3-12H2,1-2H3,(H,19,26). The van der Waals surface area contributed by atoms with Gasteiger partial charge in [-0.1, -0.05) is 6.42 Å². The molecule has 28 heavy (non-hydrogen) atoms. The summed E-state index contributed by atoms with van der Waals surface area (Å²) >= 11 is 7.16. The number of piperazine rings is 1. The molecule has 1 aliphatic carbocycles. The van der Waals surface area contributed by atoms with Crippen LogP contribution in [0.1, 0.15) is 47.0 Å². The zero-order chi connectivity index (χ0) is 20.3. The Morgan fingerprint density at radius 3 is 2.50 bits per heavy atom. The van der Waals surface area contributed by atoms with Gasteiger partial charge in [0.05, 0.1) is 18.4 Å². The van der Waals surface area contributed by atoms with E-state index in [9.17, 15) is 13.2 Å². The third-order valence-corrected chi connectivity index (χ3v) is 7.99. The van der Waals surface area contributed by atoms with Crippen LogP contribution in [-0.4, -0.2) is 67.7 Å². The molecule has 1 fully saturated rings. The molecule has 2 aliphatic rings. The number of esters is 1. The normalized spacial score (nSPS) is 18.3. The summed E-state index contributed by atoms with van der Waals surface area (Å²) in [5.41, 5.74) is 1.73. The summed E-state index contributed by atoms with van der Waals surface area (Å²) in [7, 11) is -3.18. The fourth-order valence-electron chi connectivity index (χ4n) is 3.65. The number of aryl methyl sites for hydroxylation is 1. The Labute approximate surface area is 176 Å². The van der Waals surface area contributed by atoms with Gasteiger partial charge in [-0.3, -0.25) is 0 Å².